The Balaban J connectivity index is 2.28. The van der Waals surface area contributed by atoms with Crippen molar-refractivity contribution in [3.05, 3.63) is 51.6 Å². The van der Waals surface area contributed by atoms with Crippen LogP contribution >= 0.6 is 23.2 Å². The molecule has 0 saturated carbocycles. The van der Waals surface area contributed by atoms with Crippen LogP contribution in [0.5, 0.6) is 0 Å². The fraction of sp³-hybridized carbons (Fsp3) is 0.353. The van der Waals surface area contributed by atoms with Crippen LogP contribution in [0.4, 0.5) is 5.69 Å². The highest BCUT2D eigenvalue weighted by atomic mass is 35.5. The highest BCUT2D eigenvalue weighted by molar-refractivity contribution is 6.51. The monoisotopic (exact) mass is 398 g/mol. The van der Waals surface area contributed by atoms with Gasteiger partial charge in [0, 0.05) is 17.7 Å². The number of Topliss-reactive ketones (excluding diaryl/α,β-unsaturated/α-hetero) is 1. The quantitative estimate of drug-likeness (QED) is 0.331. The van der Waals surface area contributed by atoms with Gasteiger partial charge < -0.3 is 4.84 Å². The van der Waals surface area contributed by atoms with Gasteiger partial charge in [0.25, 0.3) is 5.69 Å². The molecule has 1 aromatic rings. The zero-order chi connectivity index (χ0) is 19.6. The summed E-state index contributed by atoms with van der Waals surface area (Å²) >= 11 is 12.5. The van der Waals surface area contributed by atoms with Crippen molar-refractivity contribution in [2.24, 2.45) is 11.1 Å². The average molecular weight is 399 g/mol. The third kappa shape index (κ3) is 3.94. The van der Waals surface area contributed by atoms with Gasteiger partial charge in [-0.1, -0.05) is 19.0 Å². The van der Waals surface area contributed by atoms with Crippen LogP contribution in [0.2, 0.25) is 0 Å². The molecule has 0 aliphatic heterocycles. The van der Waals surface area contributed by atoms with E-state index < -0.39 is 21.1 Å². The maximum absolute atomic E-state index is 12.3. The first-order chi connectivity index (χ1) is 12.1. The third-order valence-electron chi connectivity index (χ3n) is 3.95. The fourth-order valence-corrected chi connectivity index (χ4v) is 2.74. The number of hydrogen-bond acceptors (Lipinski definition) is 6. The van der Waals surface area contributed by atoms with E-state index in [1.54, 1.807) is 0 Å². The molecule has 0 amide bonds. The van der Waals surface area contributed by atoms with Gasteiger partial charge in [-0.15, -0.1) is 23.2 Å². The predicted molar refractivity (Wildman–Crippen MR) is 97.8 cm³/mol. The maximum Gasteiger partial charge on any atom is 0.365 e. The number of halogens is 2. The molecular formula is C17H16Cl2N2O5. The summed E-state index contributed by atoms with van der Waals surface area (Å²) in [5, 5.41) is 13.4. The molecule has 0 radical (unpaired) electrons. The van der Waals surface area contributed by atoms with Crippen LogP contribution in [0.3, 0.4) is 0 Å². The molecule has 0 fully saturated rings. The summed E-state index contributed by atoms with van der Waals surface area (Å²) in [6.45, 7) is 5.16. The van der Waals surface area contributed by atoms with E-state index in [1.807, 2.05) is 13.8 Å². The van der Waals surface area contributed by atoms with Gasteiger partial charge in [-0.25, -0.2) is 4.79 Å². The van der Waals surface area contributed by atoms with Crippen LogP contribution in [0.15, 0.2) is 41.1 Å². The molecule has 1 aliphatic carbocycles. The highest BCUT2D eigenvalue weighted by Gasteiger charge is 2.45. The zero-order valence-electron chi connectivity index (χ0n) is 14.2. The second-order valence-electron chi connectivity index (χ2n) is 6.22. The molecule has 0 saturated heterocycles. The number of benzene rings is 1. The van der Waals surface area contributed by atoms with Gasteiger partial charge in [0.1, 0.15) is 16.0 Å². The number of non-ortho nitro benzene ring substituents is 1. The minimum atomic E-state index is -1.34. The van der Waals surface area contributed by atoms with E-state index in [-0.39, 0.29) is 28.7 Å². The summed E-state index contributed by atoms with van der Waals surface area (Å²) in [6, 6.07) is 4.87. The number of hydrogen-bond donors (Lipinski definition) is 0. The average Bonchev–Trinajstić information content (AvgIpc) is 2.58. The number of nitrogens with zero attached hydrogens (tertiary/aromatic N) is 2. The Morgan fingerprint density at radius 1 is 1.35 bits per heavy atom. The van der Waals surface area contributed by atoms with Crippen LogP contribution in [0, 0.1) is 16.0 Å². The number of alkyl halides is 2. The number of oxime groups is 1. The first-order valence-corrected chi connectivity index (χ1v) is 8.50. The Kier molecular flexibility index (Phi) is 5.83. The van der Waals surface area contributed by atoms with Crippen LogP contribution in [0.25, 0.3) is 0 Å². The number of carbonyl (C=O) groups excluding carboxylic acids is 2. The number of nitro groups is 1. The molecule has 2 atom stereocenters. The van der Waals surface area contributed by atoms with Crippen LogP contribution in [-0.2, 0) is 9.63 Å². The molecule has 0 N–H and O–H groups in total. The standard InChI is InChI=1S/C17H16Cl2N2O5/c1-9(2)12-8-13(17(3,19)15(18)14(12)22)20-26-16(23)10-4-6-11(7-5-10)21(24)25/h4-9,15H,1-3H3/b20-13-. The Hall–Kier alpha value is -2.25. The summed E-state index contributed by atoms with van der Waals surface area (Å²) in [6.07, 6.45) is 1.47. The van der Waals surface area contributed by atoms with Gasteiger partial charge in [-0.3, -0.25) is 14.9 Å². The minimum absolute atomic E-state index is 0.0820. The summed E-state index contributed by atoms with van der Waals surface area (Å²) in [4.78, 5) is 38.0. The Bertz CT molecular complexity index is 813. The lowest BCUT2D eigenvalue weighted by Gasteiger charge is -2.32. The van der Waals surface area contributed by atoms with Crippen LogP contribution in [0.1, 0.15) is 31.1 Å². The topological polar surface area (TPSA) is 98.9 Å². The number of ketones is 1. The number of allylic oxidation sites excluding steroid dienone is 2. The largest absolute Gasteiger partial charge is 0.365 e. The smallest absolute Gasteiger partial charge is 0.312 e. The van der Waals surface area contributed by atoms with Crippen molar-refractivity contribution in [1.29, 1.82) is 0 Å². The van der Waals surface area contributed by atoms with Crippen LogP contribution in [-0.4, -0.2) is 32.6 Å². The van der Waals surface area contributed by atoms with Gasteiger partial charge in [-0.2, -0.15) is 0 Å². The van der Waals surface area contributed by atoms with Crippen molar-refractivity contribution < 1.29 is 19.3 Å². The van der Waals surface area contributed by atoms with E-state index in [0.717, 1.165) is 0 Å². The Morgan fingerprint density at radius 2 is 1.92 bits per heavy atom. The fourth-order valence-electron chi connectivity index (χ4n) is 2.31. The lowest BCUT2D eigenvalue weighted by Crippen LogP contribution is -2.47. The van der Waals surface area contributed by atoms with Crippen molar-refractivity contribution in [3.63, 3.8) is 0 Å². The van der Waals surface area contributed by atoms with Gasteiger partial charge in [0.15, 0.2) is 5.78 Å². The minimum Gasteiger partial charge on any atom is -0.312 e. The van der Waals surface area contributed by atoms with E-state index in [4.69, 9.17) is 28.0 Å². The number of rotatable bonds is 4. The van der Waals surface area contributed by atoms with Crippen molar-refractivity contribution in [3.8, 4) is 0 Å². The molecular weight excluding hydrogens is 383 g/mol. The summed E-state index contributed by atoms with van der Waals surface area (Å²) in [5.41, 5.74) is 0.520. The SMILES string of the molecule is CC(C)C1=C/C(=N/OC(=O)c2ccc([N+](=O)[O-])cc2)C(C)(Cl)C(Cl)C1=O. The van der Waals surface area contributed by atoms with Gasteiger partial charge in [-0.05, 0) is 31.1 Å². The summed E-state index contributed by atoms with van der Waals surface area (Å²) in [5.74, 6) is -1.21. The van der Waals surface area contributed by atoms with E-state index in [9.17, 15) is 19.7 Å². The number of nitro benzene ring substituents is 1. The van der Waals surface area contributed by atoms with Crippen molar-refractivity contribution in [2.45, 2.75) is 31.0 Å². The van der Waals surface area contributed by atoms with Gasteiger partial charge >= 0.3 is 5.97 Å². The molecule has 0 heterocycles. The molecule has 0 aromatic heterocycles. The summed E-state index contributed by atoms with van der Waals surface area (Å²) < 4.78 is 0. The molecule has 1 aliphatic rings. The summed E-state index contributed by atoms with van der Waals surface area (Å²) in [7, 11) is 0. The Labute approximate surface area is 159 Å². The second-order valence-corrected chi connectivity index (χ2v) is 7.44. The third-order valence-corrected chi connectivity index (χ3v) is 5.10. The molecule has 0 bridgehead atoms. The lowest BCUT2D eigenvalue weighted by molar-refractivity contribution is -0.384. The predicted octanol–water partition coefficient (Wildman–Crippen LogP) is 3.88. The zero-order valence-corrected chi connectivity index (χ0v) is 15.7. The Morgan fingerprint density at radius 3 is 2.42 bits per heavy atom. The van der Waals surface area contributed by atoms with Gasteiger partial charge in [0.2, 0.25) is 0 Å². The molecule has 1 aromatic carbocycles. The van der Waals surface area contributed by atoms with Crippen LogP contribution < -0.4 is 0 Å². The second kappa shape index (κ2) is 7.55. The van der Waals surface area contributed by atoms with Crippen molar-refractivity contribution >= 4 is 46.4 Å². The van der Waals surface area contributed by atoms with E-state index in [0.29, 0.717) is 5.57 Å². The highest BCUT2D eigenvalue weighted by Crippen LogP contribution is 2.35. The molecule has 26 heavy (non-hydrogen) atoms. The first-order valence-electron chi connectivity index (χ1n) is 7.68. The van der Waals surface area contributed by atoms with E-state index in [2.05, 4.69) is 5.16 Å². The maximum atomic E-state index is 12.3. The molecule has 0 spiro atoms. The van der Waals surface area contributed by atoms with E-state index in [1.165, 1.54) is 37.3 Å². The first kappa shape index (κ1) is 20.1. The van der Waals surface area contributed by atoms with Crippen molar-refractivity contribution in [2.75, 3.05) is 0 Å². The van der Waals surface area contributed by atoms with Crippen molar-refractivity contribution in [1.82, 2.24) is 0 Å². The molecule has 2 unspecified atom stereocenters. The molecule has 9 heteroatoms. The normalized spacial score (nSPS) is 24.5. The molecule has 7 nitrogen and oxygen atoms in total. The van der Waals surface area contributed by atoms with Gasteiger partial charge in [0.05, 0.1) is 10.5 Å². The molecule has 2 rings (SSSR count). The molecule has 138 valence electrons. The lowest BCUT2D eigenvalue weighted by atomic mass is 9.82. The van der Waals surface area contributed by atoms with E-state index >= 15 is 0 Å². The number of carbonyl (C=O) groups is 2.